The van der Waals surface area contributed by atoms with Crippen molar-refractivity contribution in [2.45, 2.75) is 0 Å². The Morgan fingerprint density at radius 2 is 0.843 bits per heavy atom. The van der Waals surface area contributed by atoms with Gasteiger partial charge in [0.25, 0.3) is 0 Å². The molecule has 238 valence electrons. The van der Waals surface area contributed by atoms with Crippen molar-refractivity contribution in [3.63, 3.8) is 0 Å². The normalized spacial score (nSPS) is 14.7. The molecule has 5 heterocycles. The summed E-state index contributed by atoms with van der Waals surface area (Å²) < 4.78 is 6.98. The Kier molecular flexibility index (Phi) is 5.83. The molecule has 2 aliphatic heterocycles. The van der Waals surface area contributed by atoms with Crippen molar-refractivity contribution in [2.75, 3.05) is 10.6 Å². The van der Waals surface area contributed by atoms with E-state index < -0.39 is 0 Å². The first-order valence-electron chi connectivity index (χ1n) is 16.9. The monoisotopic (exact) mass is 654 g/mol. The van der Waals surface area contributed by atoms with E-state index in [4.69, 9.17) is 14.4 Å². The minimum Gasteiger partial charge on any atom is -0.455 e. The zero-order chi connectivity index (χ0) is 33.5. The first-order chi connectivity index (χ1) is 25.3. The first-order valence-corrected chi connectivity index (χ1v) is 16.9. The molecule has 9 aromatic rings. The van der Waals surface area contributed by atoms with Crippen molar-refractivity contribution in [1.82, 2.24) is 9.97 Å². The van der Waals surface area contributed by atoms with Gasteiger partial charge in [-0.25, -0.2) is 20.0 Å². The molecule has 7 nitrogen and oxygen atoms in total. The van der Waals surface area contributed by atoms with Crippen LogP contribution in [-0.4, -0.2) is 21.6 Å². The summed E-state index contributed by atoms with van der Waals surface area (Å²) in [5.74, 6) is 2.94. The average Bonchev–Trinajstić information content (AvgIpc) is 3.86. The number of pyridine rings is 2. The van der Waals surface area contributed by atoms with Crippen LogP contribution in [0.25, 0.3) is 65.7 Å². The molecule has 0 spiro atoms. The van der Waals surface area contributed by atoms with E-state index in [0.29, 0.717) is 11.6 Å². The maximum absolute atomic E-state index is 6.98. The number of rotatable bonds is 4. The van der Waals surface area contributed by atoms with Crippen LogP contribution in [0.5, 0.6) is 0 Å². The fraction of sp³-hybridized carbons (Fsp3) is 0. The Hall–Kier alpha value is -7.12. The molecular weight excluding hydrogens is 629 g/mol. The van der Waals surface area contributed by atoms with E-state index in [-0.39, 0.29) is 0 Å². The third kappa shape index (κ3) is 4.18. The molecule has 0 atom stereocenters. The van der Waals surface area contributed by atoms with Gasteiger partial charge < -0.3 is 15.1 Å². The number of aliphatic imine (C=N–C) groups is 2. The quantitative estimate of drug-likeness (QED) is 0.197. The number of hydrogen-bond donors (Lipinski definition) is 2. The first kappa shape index (κ1) is 27.8. The predicted molar refractivity (Wildman–Crippen MR) is 208 cm³/mol. The maximum atomic E-state index is 6.98. The van der Waals surface area contributed by atoms with Gasteiger partial charge in [-0.05, 0) is 58.3 Å². The summed E-state index contributed by atoms with van der Waals surface area (Å²) in [4.78, 5) is 18.5. The molecule has 0 aliphatic carbocycles. The van der Waals surface area contributed by atoms with Crippen LogP contribution in [-0.2, 0) is 0 Å². The van der Waals surface area contributed by atoms with Crippen LogP contribution in [0.1, 0.15) is 11.1 Å². The van der Waals surface area contributed by atoms with Gasteiger partial charge in [0, 0.05) is 67.6 Å². The van der Waals surface area contributed by atoms with Gasteiger partial charge in [0.1, 0.15) is 22.8 Å². The van der Waals surface area contributed by atoms with Gasteiger partial charge in [0.05, 0.1) is 0 Å². The van der Waals surface area contributed by atoms with Gasteiger partial charge in [-0.15, -0.1) is 0 Å². The molecule has 0 fully saturated rings. The number of amidine groups is 2. The van der Waals surface area contributed by atoms with Crippen LogP contribution in [0.4, 0.5) is 23.0 Å². The summed E-state index contributed by atoms with van der Waals surface area (Å²) in [6.45, 7) is 0. The van der Waals surface area contributed by atoms with Crippen molar-refractivity contribution in [3.05, 3.63) is 157 Å². The SMILES string of the molecule is c1ccc(/N=C2\Nc3ccc(-c4cccc5c4oc4c(-c6ccc7c8c(cccc68)/C(=N/c6ccccn6)N7)cccc45)c4cccc2c34)nc1. The molecule has 0 bridgehead atoms. The molecule has 0 amide bonds. The Bertz CT molecular complexity index is 2760. The topological polar surface area (TPSA) is 87.7 Å². The van der Waals surface area contributed by atoms with Gasteiger partial charge in [-0.1, -0.05) is 97.1 Å². The Labute approximate surface area is 291 Å². The van der Waals surface area contributed by atoms with E-state index in [9.17, 15) is 0 Å². The number of aromatic nitrogens is 2. The molecule has 2 aliphatic rings. The molecule has 0 radical (unpaired) electrons. The largest absolute Gasteiger partial charge is 0.455 e. The smallest absolute Gasteiger partial charge is 0.154 e. The van der Waals surface area contributed by atoms with Crippen LogP contribution in [0, 0.1) is 0 Å². The molecule has 6 aromatic carbocycles. The minimum atomic E-state index is 0.669. The van der Waals surface area contributed by atoms with Crippen LogP contribution in [0.2, 0.25) is 0 Å². The fourth-order valence-electron chi connectivity index (χ4n) is 7.77. The summed E-state index contributed by atoms with van der Waals surface area (Å²) >= 11 is 0. The highest BCUT2D eigenvalue weighted by Gasteiger charge is 2.25. The lowest BCUT2D eigenvalue weighted by molar-refractivity contribution is 0.671. The number of benzene rings is 6. The lowest BCUT2D eigenvalue weighted by Gasteiger charge is -2.09. The van der Waals surface area contributed by atoms with Gasteiger partial charge in [0.2, 0.25) is 0 Å². The molecule has 3 aromatic heterocycles. The molecule has 7 heteroatoms. The number of hydrogen-bond acceptors (Lipinski definition) is 5. The number of fused-ring (bicyclic) bond motifs is 3. The van der Waals surface area contributed by atoms with Crippen molar-refractivity contribution < 1.29 is 4.42 Å². The van der Waals surface area contributed by atoms with Gasteiger partial charge in [0.15, 0.2) is 11.6 Å². The number of para-hydroxylation sites is 2. The Morgan fingerprint density at radius 3 is 1.29 bits per heavy atom. The van der Waals surface area contributed by atoms with Crippen LogP contribution < -0.4 is 10.6 Å². The second kappa shape index (κ2) is 10.7. The number of nitrogens with one attached hydrogen (secondary N) is 2. The summed E-state index contributed by atoms with van der Waals surface area (Å²) in [5.41, 5.74) is 10.2. The van der Waals surface area contributed by atoms with Crippen LogP contribution in [0.15, 0.2) is 160 Å². The van der Waals surface area contributed by atoms with Crippen LogP contribution in [0.3, 0.4) is 0 Å². The summed E-state index contributed by atoms with van der Waals surface area (Å²) in [6, 6.07) is 45.8. The highest BCUT2D eigenvalue weighted by Crippen LogP contribution is 2.46. The summed E-state index contributed by atoms with van der Waals surface area (Å²) in [6.07, 6.45) is 3.52. The predicted octanol–water partition coefficient (Wildman–Crippen LogP) is 11.0. The standard InChI is InChI=1S/C44H26N6O/c1-3-23-45-37(17-1)49-43-33-15-5-9-27-25(19-21-35(47-43)39(27)33)29-11-7-13-31-32-14-8-12-30(42(32)51-41(29)31)26-20-22-36-40-28(26)10-6-16-34(40)44(48-36)50-38-18-2-4-24-46-38/h1-24H,(H,45,47,49)(H,46,48,50). The fourth-order valence-corrected chi connectivity index (χ4v) is 7.77. The molecule has 0 unspecified atom stereocenters. The maximum Gasteiger partial charge on any atom is 0.154 e. The van der Waals surface area contributed by atoms with E-state index in [1.54, 1.807) is 12.4 Å². The van der Waals surface area contributed by atoms with E-state index in [0.717, 1.165) is 99.9 Å². The lowest BCUT2D eigenvalue weighted by Crippen LogP contribution is -2.06. The van der Waals surface area contributed by atoms with Crippen molar-refractivity contribution in [2.24, 2.45) is 9.98 Å². The molecular formula is C44H26N6O. The molecule has 0 saturated heterocycles. The number of nitrogens with zero attached hydrogens (tertiary/aromatic N) is 4. The zero-order valence-electron chi connectivity index (χ0n) is 27.1. The second-order valence-electron chi connectivity index (χ2n) is 12.8. The summed E-state index contributed by atoms with van der Waals surface area (Å²) in [7, 11) is 0. The third-order valence-electron chi connectivity index (χ3n) is 9.95. The van der Waals surface area contributed by atoms with Crippen molar-refractivity contribution in [1.29, 1.82) is 0 Å². The second-order valence-corrected chi connectivity index (χ2v) is 12.8. The van der Waals surface area contributed by atoms with E-state index in [2.05, 4.69) is 118 Å². The van der Waals surface area contributed by atoms with E-state index in [1.165, 1.54) is 0 Å². The molecule has 51 heavy (non-hydrogen) atoms. The highest BCUT2D eigenvalue weighted by atomic mass is 16.3. The molecule has 11 rings (SSSR count). The van der Waals surface area contributed by atoms with Gasteiger partial charge in [-0.3, -0.25) is 0 Å². The zero-order valence-corrected chi connectivity index (χ0v) is 27.1. The van der Waals surface area contributed by atoms with Crippen molar-refractivity contribution in [3.8, 4) is 22.3 Å². The van der Waals surface area contributed by atoms with Gasteiger partial charge >= 0.3 is 0 Å². The Morgan fingerprint density at radius 1 is 0.392 bits per heavy atom. The lowest BCUT2D eigenvalue weighted by atomic mass is 9.93. The minimum absolute atomic E-state index is 0.669. The Balaban J connectivity index is 1.08. The van der Waals surface area contributed by atoms with E-state index >= 15 is 0 Å². The third-order valence-corrected chi connectivity index (χ3v) is 9.95. The van der Waals surface area contributed by atoms with E-state index in [1.807, 2.05) is 36.4 Å². The van der Waals surface area contributed by atoms with Crippen LogP contribution >= 0.6 is 0 Å². The molecule has 2 N–H and O–H groups in total. The number of anilines is 2. The highest BCUT2D eigenvalue weighted by molar-refractivity contribution is 6.30. The molecule has 0 saturated carbocycles. The van der Waals surface area contributed by atoms with Gasteiger partial charge in [-0.2, -0.15) is 0 Å². The van der Waals surface area contributed by atoms with Crippen molar-refractivity contribution >= 4 is 78.2 Å². The number of furan rings is 1. The average molecular weight is 655 g/mol. The summed E-state index contributed by atoms with van der Waals surface area (Å²) in [5, 5.41) is 13.8.